The largest absolute Gasteiger partial charge is 0.491 e. The number of alkyl halides is 2. The molecule has 166 valence electrons. The van der Waals surface area contributed by atoms with Gasteiger partial charge in [-0.1, -0.05) is 52.4 Å². The summed E-state index contributed by atoms with van der Waals surface area (Å²) in [4.78, 5) is 8.96. The first-order chi connectivity index (χ1) is 14.6. The molecule has 5 heteroatoms. The van der Waals surface area contributed by atoms with E-state index in [0.717, 1.165) is 24.0 Å². The van der Waals surface area contributed by atoms with Crippen molar-refractivity contribution in [2.24, 2.45) is 0 Å². The second-order valence-corrected chi connectivity index (χ2v) is 7.99. The lowest BCUT2D eigenvalue weighted by Gasteiger charge is -2.13. The number of aromatic nitrogens is 2. The molecule has 1 aromatic carbocycles. The monoisotopic (exact) mass is 418 g/mol. The third-order valence-corrected chi connectivity index (χ3v) is 5.18. The highest BCUT2D eigenvalue weighted by Crippen LogP contribution is 2.21. The van der Waals surface area contributed by atoms with E-state index in [0.29, 0.717) is 18.0 Å². The van der Waals surface area contributed by atoms with Crippen molar-refractivity contribution < 1.29 is 13.5 Å². The van der Waals surface area contributed by atoms with E-state index in [-0.39, 0.29) is 13.0 Å². The normalized spacial score (nSPS) is 13.2. The van der Waals surface area contributed by atoms with E-state index in [1.165, 1.54) is 38.5 Å². The van der Waals surface area contributed by atoms with Crippen molar-refractivity contribution in [3.05, 3.63) is 42.2 Å². The third kappa shape index (κ3) is 9.19. The molecule has 2 atom stereocenters. The molecule has 0 aliphatic rings. The quantitative estimate of drug-likeness (QED) is 0.285. The van der Waals surface area contributed by atoms with Gasteiger partial charge in [-0.15, -0.1) is 0 Å². The van der Waals surface area contributed by atoms with Crippen LogP contribution in [0.2, 0.25) is 0 Å². The van der Waals surface area contributed by atoms with E-state index in [1.807, 2.05) is 31.5 Å². The minimum Gasteiger partial charge on any atom is -0.491 e. The minimum absolute atomic E-state index is 0.106. The van der Waals surface area contributed by atoms with Crippen molar-refractivity contribution >= 4 is 0 Å². The lowest BCUT2D eigenvalue weighted by Crippen LogP contribution is -2.18. The summed E-state index contributed by atoms with van der Waals surface area (Å²) in [5.41, 5.74) is 2.05. The van der Waals surface area contributed by atoms with Crippen LogP contribution in [0.25, 0.3) is 11.4 Å². The zero-order chi connectivity index (χ0) is 21.6. The van der Waals surface area contributed by atoms with Gasteiger partial charge in [-0.3, -0.25) is 0 Å². The van der Waals surface area contributed by atoms with Crippen LogP contribution < -0.4 is 4.74 Å². The molecule has 0 radical (unpaired) electrons. The van der Waals surface area contributed by atoms with Crippen molar-refractivity contribution in [3.8, 4) is 17.1 Å². The number of rotatable bonds is 15. The van der Waals surface area contributed by atoms with Crippen molar-refractivity contribution in [1.82, 2.24) is 9.97 Å². The molecule has 0 spiro atoms. The highest BCUT2D eigenvalue weighted by atomic mass is 19.1. The molecule has 0 aliphatic carbocycles. The van der Waals surface area contributed by atoms with E-state index >= 15 is 0 Å². The third-order valence-electron chi connectivity index (χ3n) is 5.18. The Kier molecular flexibility index (Phi) is 11.3. The predicted octanol–water partition coefficient (Wildman–Crippen LogP) is 7.29. The Morgan fingerprint density at radius 3 is 2.17 bits per heavy atom. The molecule has 0 bridgehead atoms. The highest BCUT2D eigenvalue weighted by molar-refractivity contribution is 5.55. The molecule has 3 nitrogen and oxygen atoms in total. The summed E-state index contributed by atoms with van der Waals surface area (Å²) < 4.78 is 32.7. The van der Waals surface area contributed by atoms with E-state index < -0.39 is 12.3 Å². The van der Waals surface area contributed by atoms with E-state index in [2.05, 4.69) is 16.9 Å². The summed E-state index contributed by atoms with van der Waals surface area (Å²) in [7, 11) is 0. The molecule has 0 N–H and O–H groups in total. The second kappa shape index (κ2) is 14.1. The van der Waals surface area contributed by atoms with Crippen LogP contribution in [-0.4, -0.2) is 28.9 Å². The van der Waals surface area contributed by atoms with Crippen LogP contribution in [-0.2, 0) is 6.42 Å². The summed E-state index contributed by atoms with van der Waals surface area (Å²) in [6.07, 6.45) is 11.1. The Bertz CT molecular complexity index is 691. The molecular formula is C25H36F2N2O. The second-order valence-electron chi connectivity index (χ2n) is 7.99. The highest BCUT2D eigenvalue weighted by Gasteiger charge is 2.15. The Morgan fingerprint density at radius 2 is 1.50 bits per heavy atom. The first-order valence-electron chi connectivity index (χ1n) is 11.4. The summed E-state index contributed by atoms with van der Waals surface area (Å²) in [6.45, 7) is 3.99. The SMILES string of the molecule is CCCCCCCCc1cnc(-c2ccc(OCC(F)CC(F)CCC)cc2)nc1. The van der Waals surface area contributed by atoms with Gasteiger partial charge < -0.3 is 4.74 Å². The molecule has 0 fully saturated rings. The lowest BCUT2D eigenvalue weighted by molar-refractivity contribution is 0.147. The molecule has 1 heterocycles. The van der Waals surface area contributed by atoms with Crippen LogP contribution in [0.4, 0.5) is 8.78 Å². The van der Waals surface area contributed by atoms with Gasteiger partial charge in [0, 0.05) is 24.4 Å². The molecule has 0 saturated heterocycles. The summed E-state index contributed by atoms with van der Waals surface area (Å²) in [5, 5.41) is 0. The first-order valence-corrected chi connectivity index (χ1v) is 11.4. The van der Waals surface area contributed by atoms with E-state index in [4.69, 9.17) is 4.74 Å². The average molecular weight is 419 g/mol. The Labute approximate surface area is 180 Å². The number of hydrogen-bond acceptors (Lipinski definition) is 3. The minimum atomic E-state index is -1.30. The van der Waals surface area contributed by atoms with Gasteiger partial charge >= 0.3 is 0 Å². The van der Waals surface area contributed by atoms with Gasteiger partial charge in [-0.2, -0.15) is 0 Å². The van der Waals surface area contributed by atoms with Crippen molar-refractivity contribution in [3.63, 3.8) is 0 Å². The van der Waals surface area contributed by atoms with E-state index in [1.54, 1.807) is 12.1 Å². The van der Waals surface area contributed by atoms with Gasteiger partial charge in [0.15, 0.2) is 5.82 Å². The van der Waals surface area contributed by atoms with Crippen LogP contribution in [0, 0.1) is 0 Å². The fourth-order valence-electron chi connectivity index (χ4n) is 3.41. The van der Waals surface area contributed by atoms with Gasteiger partial charge in [0.05, 0.1) is 0 Å². The Morgan fingerprint density at radius 1 is 0.833 bits per heavy atom. The molecule has 0 saturated carbocycles. The number of benzene rings is 1. The van der Waals surface area contributed by atoms with Crippen molar-refractivity contribution in [1.29, 1.82) is 0 Å². The van der Waals surface area contributed by atoms with Crippen LogP contribution in [0.15, 0.2) is 36.7 Å². The standard InChI is InChI=1S/C25H36F2N2O/c1-3-5-6-7-8-9-11-20-17-28-25(29-18-20)21-12-14-24(15-13-21)30-19-23(27)16-22(26)10-4-2/h12-15,17-18,22-23H,3-11,16,19H2,1-2H3. The summed E-state index contributed by atoms with van der Waals surface area (Å²) >= 11 is 0. The Balaban J connectivity index is 1.76. The van der Waals surface area contributed by atoms with Gasteiger partial charge in [0.2, 0.25) is 0 Å². The van der Waals surface area contributed by atoms with Crippen molar-refractivity contribution in [2.45, 2.75) is 90.4 Å². The molecular weight excluding hydrogens is 382 g/mol. The lowest BCUT2D eigenvalue weighted by atomic mass is 10.1. The number of unbranched alkanes of at least 4 members (excludes halogenated alkanes) is 5. The number of nitrogens with zero attached hydrogens (tertiary/aromatic N) is 2. The maximum Gasteiger partial charge on any atom is 0.159 e. The molecule has 0 aliphatic heterocycles. The van der Waals surface area contributed by atoms with E-state index in [9.17, 15) is 8.78 Å². The maximum atomic E-state index is 13.8. The molecule has 2 unspecified atom stereocenters. The smallest absolute Gasteiger partial charge is 0.159 e. The molecule has 30 heavy (non-hydrogen) atoms. The fraction of sp³-hybridized carbons (Fsp3) is 0.600. The van der Waals surface area contributed by atoms with Gasteiger partial charge in [-0.25, -0.2) is 18.7 Å². The Hall–Kier alpha value is -2.04. The molecule has 2 aromatic rings. The van der Waals surface area contributed by atoms with Gasteiger partial charge in [-0.05, 0) is 49.1 Å². The average Bonchev–Trinajstić information content (AvgIpc) is 2.76. The fourth-order valence-corrected chi connectivity index (χ4v) is 3.41. The number of halogens is 2. The van der Waals surface area contributed by atoms with Gasteiger partial charge in [0.25, 0.3) is 0 Å². The predicted molar refractivity (Wildman–Crippen MR) is 119 cm³/mol. The maximum absolute atomic E-state index is 13.8. The molecule has 0 amide bonds. The first kappa shape index (κ1) is 24.2. The zero-order valence-electron chi connectivity index (χ0n) is 18.5. The van der Waals surface area contributed by atoms with Crippen LogP contribution in [0.5, 0.6) is 5.75 Å². The van der Waals surface area contributed by atoms with Crippen molar-refractivity contribution in [2.75, 3.05) is 6.61 Å². The van der Waals surface area contributed by atoms with Crippen LogP contribution in [0.3, 0.4) is 0 Å². The number of ether oxygens (including phenoxy) is 1. The molecule has 2 rings (SSSR count). The zero-order valence-corrected chi connectivity index (χ0v) is 18.5. The number of aryl methyl sites for hydroxylation is 1. The van der Waals surface area contributed by atoms with Crippen LogP contribution in [0.1, 0.15) is 77.2 Å². The summed E-state index contributed by atoms with van der Waals surface area (Å²) in [6, 6.07) is 7.27. The van der Waals surface area contributed by atoms with Gasteiger partial charge in [0.1, 0.15) is 24.7 Å². The summed E-state index contributed by atoms with van der Waals surface area (Å²) in [5.74, 6) is 1.23. The molecule has 1 aromatic heterocycles. The number of hydrogen-bond donors (Lipinski definition) is 0. The van der Waals surface area contributed by atoms with Crippen LogP contribution >= 0.6 is 0 Å². The topological polar surface area (TPSA) is 35.0 Å².